The van der Waals surface area contributed by atoms with Crippen molar-refractivity contribution in [2.45, 2.75) is 0 Å². The molecule has 0 amide bonds. The van der Waals surface area contributed by atoms with Crippen molar-refractivity contribution in [3.63, 3.8) is 0 Å². The van der Waals surface area contributed by atoms with E-state index in [1.165, 1.54) is 0 Å². The highest BCUT2D eigenvalue weighted by Gasteiger charge is 2.07. The van der Waals surface area contributed by atoms with E-state index >= 15 is 0 Å². The first-order valence-electron chi connectivity index (χ1n) is 5.13. The van der Waals surface area contributed by atoms with Gasteiger partial charge in [0.2, 0.25) is 0 Å². The Morgan fingerprint density at radius 2 is 1.88 bits per heavy atom. The first kappa shape index (κ1) is 11.2. The summed E-state index contributed by atoms with van der Waals surface area (Å²) in [5, 5.41) is 0. The Morgan fingerprint density at radius 1 is 1.12 bits per heavy atom. The van der Waals surface area contributed by atoms with Crippen molar-refractivity contribution in [2.75, 3.05) is 0 Å². The standard InChI is InChI=1S/C13H8BrIN2/c14-10-6-11(15)13-16-12(8-17(13)7-10)9-4-2-1-3-5-9/h1-8H. The highest BCUT2D eigenvalue weighted by molar-refractivity contribution is 14.1. The van der Waals surface area contributed by atoms with Crippen LogP contribution in [0.15, 0.2) is 53.3 Å². The van der Waals surface area contributed by atoms with Gasteiger partial charge in [-0.1, -0.05) is 30.3 Å². The van der Waals surface area contributed by atoms with E-state index in [0.717, 1.165) is 24.9 Å². The van der Waals surface area contributed by atoms with E-state index in [9.17, 15) is 0 Å². The second-order valence-electron chi connectivity index (χ2n) is 3.73. The molecule has 2 nitrogen and oxygen atoms in total. The number of rotatable bonds is 1. The average molecular weight is 399 g/mol. The van der Waals surface area contributed by atoms with Gasteiger partial charge in [-0.3, -0.25) is 0 Å². The third-order valence-electron chi connectivity index (χ3n) is 2.54. The van der Waals surface area contributed by atoms with E-state index < -0.39 is 0 Å². The van der Waals surface area contributed by atoms with Gasteiger partial charge in [0.25, 0.3) is 0 Å². The van der Waals surface area contributed by atoms with Gasteiger partial charge in [0, 0.05) is 22.4 Å². The summed E-state index contributed by atoms with van der Waals surface area (Å²) in [6, 6.07) is 12.3. The fraction of sp³-hybridized carbons (Fsp3) is 0. The molecule has 3 rings (SSSR count). The van der Waals surface area contributed by atoms with Crippen molar-refractivity contribution < 1.29 is 0 Å². The van der Waals surface area contributed by atoms with Gasteiger partial charge in [0.1, 0.15) is 0 Å². The zero-order valence-corrected chi connectivity index (χ0v) is 12.5. The van der Waals surface area contributed by atoms with Crippen LogP contribution in [0, 0.1) is 3.57 Å². The molecule has 0 atom stereocenters. The SMILES string of the molecule is Brc1cc(I)c2nc(-c3ccccc3)cn2c1. The first-order chi connectivity index (χ1) is 8.24. The molecular weight excluding hydrogens is 391 g/mol. The lowest BCUT2D eigenvalue weighted by Gasteiger charge is -1.96. The molecule has 0 saturated carbocycles. The lowest BCUT2D eigenvalue weighted by molar-refractivity contribution is 1.16. The molecule has 0 unspecified atom stereocenters. The third-order valence-corrected chi connectivity index (χ3v) is 3.77. The van der Waals surface area contributed by atoms with Crippen LogP contribution in [0.3, 0.4) is 0 Å². The Hall–Kier alpha value is -0.880. The van der Waals surface area contributed by atoms with E-state index in [4.69, 9.17) is 0 Å². The molecule has 0 spiro atoms. The molecule has 0 bridgehead atoms. The molecule has 0 aliphatic rings. The Bertz CT molecular complexity index is 676. The molecule has 1 aromatic carbocycles. The lowest BCUT2D eigenvalue weighted by atomic mass is 10.2. The summed E-state index contributed by atoms with van der Waals surface area (Å²) >= 11 is 5.80. The molecule has 0 aliphatic carbocycles. The largest absolute Gasteiger partial charge is 0.304 e. The molecule has 3 aromatic rings. The number of pyridine rings is 1. The Labute approximate surface area is 121 Å². The van der Waals surface area contributed by atoms with Crippen LogP contribution in [0.4, 0.5) is 0 Å². The van der Waals surface area contributed by atoms with Crippen molar-refractivity contribution in [2.24, 2.45) is 0 Å². The molecule has 4 heteroatoms. The van der Waals surface area contributed by atoms with Crippen LogP contribution in [0.2, 0.25) is 0 Å². The van der Waals surface area contributed by atoms with Crippen molar-refractivity contribution in [3.05, 3.63) is 56.8 Å². The topological polar surface area (TPSA) is 17.3 Å². The number of aromatic nitrogens is 2. The Balaban J connectivity index is 2.24. The number of nitrogens with zero attached hydrogens (tertiary/aromatic N) is 2. The molecule has 17 heavy (non-hydrogen) atoms. The van der Waals surface area contributed by atoms with Gasteiger partial charge in [-0.15, -0.1) is 0 Å². The predicted molar refractivity (Wildman–Crippen MR) is 81.0 cm³/mol. The molecule has 0 aliphatic heterocycles. The van der Waals surface area contributed by atoms with E-state index in [1.807, 2.05) is 28.8 Å². The molecule has 2 heterocycles. The molecular formula is C13H8BrIN2. The maximum atomic E-state index is 4.66. The highest BCUT2D eigenvalue weighted by Crippen LogP contribution is 2.23. The zero-order valence-electron chi connectivity index (χ0n) is 8.77. The molecule has 0 N–H and O–H groups in total. The second-order valence-corrected chi connectivity index (χ2v) is 5.81. The van der Waals surface area contributed by atoms with Crippen molar-refractivity contribution in [3.8, 4) is 11.3 Å². The first-order valence-corrected chi connectivity index (χ1v) is 7.00. The van der Waals surface area contributed by atoms with Crippen molar-refractivity contribution >= 4 is 44.2 Å². The number of halogens is 2. The van der Waals surface area contributed by atoms with Gasteiger partial charge in [0.15, 0.2) is 5.65 Å². The van der Waals surface area contributed by atoms with E-state index in [-0.39, 0.29) is 0 Å². The minimum Gasteiger partial charge on any atom is -0.304 e. The summed E-state index contributed by atoms with van der Waals surface area (Å²) in [6.07, 6.45) is 4.08. The summed E-state index contributed by atoms with van der Waals surface area (Å²) in [7, 11) is 0. The van der Waals surface area contributed by atoms with Crippen molar-refractivity contribution in [1.82, 2.24) is 9.38 Å². The fourth-order valence-electron chi connectivity index (χ4n) is 1.77. The van der Waals surface area contributed by atoms with Crippen LogP contribution < -0.4 is 0 Å². The average Bonchev–Trinajstić information content (AvgIpc) is 2.74. The fourth-order valence-corrected chi connectivity index (χ4v) is 3.38. The van der Waals surface area contributed by atoms with E-state index in [0.29, 0.717) is 0 Å². The maximum Gasteiger partial charge on any atom is 0.150 e. The van der Waals surface area contributed by atoms with Crippen LogP contribution in [0.1, 0.15) is 0 Å². The summed E-state index contributed by atoms with van der Waals surface area (Å²) in [5.41, 5.74) is 3.14. The van der Waals surface area contributed by atoms with Gasteiger partial charge < -0.3 is 4.40 Å². The van der Waals surface area contributed by atoms with Crippen LogP contribution in [0.25, 0.3) is 16.9 Å². The predicted octanol–water partition coefficient (Wildman–Crippen LogP) is 4.37. The van der Waals surface area contributed by atoms with E-state index in [2.05, 4.69) is 67.9 Å². The lowest BCUT2D eigenvalue weighted by Crippen LogP contribution is -1.85. The summed E-state index contributed by atoms with van der Waals surface area (Å²) in [6.45, 7) is 0. The number of benzene rings is 1. The summed E-state index contributed by atoms with van der Waals surface area (Å²) < 4.78 is 4.25. The minimum atomic E-state index is 0.993. The monoisotopic (exact) mass is 398 g/mol. The highest BCUT2D eigenvalue weighted by atomic mass is 127. The number of imidazole rings is 1. The van der Waals surface area contributed by atoms with Crippen LogP contribution in [-0.4, -0.2) is 9.38 Å². The zero-order chi connectivity index (χ0) is 11.8. The summed E-state index contributed by atoms with van der Waals surface area (Å²) in [4.78, 5) is 4.66. The number of hydrogen-bond acceptors (Lipinski definition) is 1. The quantitative estimate of drug-likeness (QED) is 0.556. The molecule has 84 valence electrons. The number of fused-ring (bicyclic) bond motifs is 1. The molecule has 0 radical (unpaired) electrons. The second kappa shape index (κ2) is 4.42. The Kier molecular flexibility index (Phi) is 2.92. The smallest absolute Gasteiger partial charge is 0.150 e. The van der Waals surface area contributed by atoms with Gasteiger partial charge in [-0.25, -0.2) is 4.98 Å². The Morgan fingerprint density at radius 3 is 2.65 bits per heavy atom. The number of hydrogen-bond donors (Lipinski definition) is 0. The van der Waals surface area contributed by atoms with Crippen LogP contribution in [-0.2, 0) is 0 Å². The third kappa shape index (κ3) is 2.11. The van der Waals surface area contributed by atoms with Gasteiger partial charge >= 0.3 is 0 Å². The summed E-state index contributed by atoms with van der Waals surface area (Å²) in [5.74, 6) is 0. The van der Waals surface area contributed by atoms with Gasteiger partial charge in [-0.2, -0.15) is 0 Å². The molecule has 2 aromatic heterocycles. The van der Waals surface area contributed by atoms with E-state index in [1.54, 1.807) is 0 Å². The maximum absolute atomic E-state index is 4.66. The van der Waals surface area contributed by atoms with Crippen LogP contribution in [0.5, 0.6) is 0 Å². The molecule has 0 saturated heterocycles. The minimum absolute atomic E-state index is 0.993. The van der Waals surface area contributed by atoms with Gasteiger partial charge in [0.05, 0.1) is 9.26 Å². The van der Waals surface area contributed by atoms with Crippen LogP contribution >= 0.6 is 38.5 Å². The van der Waals surface area contributed by atoms with Gasteiger partial charge in [-0.05, 0) is 44.6 Å². The molecule has 0 fully saturated rings. The van der Waals surface area contributed by atoms with Crippen molar-refractivity contribution in [1.29, 1.82) is 0 Å². The normalized spacial score (nSPS) is 10.9.